The van der Waals surface area contributed by atoms with Crippen LogP contribution in [0.5, 0.6) is 0 Å². The van der Waals surface area contributed by atoms with Crippen LogP contribution in [-0.4, -0.2) is 41.1 Å². The van der Waals surface area contributed by atoms with Crippen LogP contribution in [0.2, 0.25) is 0 Å². The molecule has 3 N–H and O–H groups in total. The fourth-order valence-corrected chi connectivity index (χ4v) is 4.62. The number of fused-ring (bicyclic) bond motifs is 2. The number of hydrogen-bond donors (Lipinski definition) is 3. The Balaban J connectivity index is 1.26. The van der Waals surface area contributed by atoms with E-state index in [1.54, 1.807) is 12.1 Å². The van der Waals surface area contributed by atoms with E-state index in [2.05, 4.69) is 34.1 Å². The van der Waals surface area contributed by atoms with E-state index in [0.29, 0.717) is 24.2 Å². The Bertz CT molecular complexity index is 1140. The predicted octanol–water partition coefficient (Wildman–Crippen LogP) is 1.74. The fourth-order valence-electron chi connectivity index (χ4n) is 4.62. The molecular formula is C24H24N4O4. The summed E-state index contributed by atoms with van der Waals surface area (Å²) >= 11 is 0. The van der Waals surface area contributed by atoms with Crippen LogP contribution >= 0.6 is 0 Å². The first kappa shape index (κ1) is 20.4. The van der Waals surface area contributed by atoms with Crippen LogP contribution in [0.25, 0.3) is 0 Å². The van der Waals surface area contributed by atoms with Crippen molar-refractivity contribution in [3.05, 3.63) is 64.2 Å². The van der Waals surface area contributed by atoms with E-state index in [1.807, 2.05) is 6.07 Å². The second-order valence-electron chi connectivity index (χ2n) is 8.45. The molecule has 1 unspecified atom stereocenters. The standard InChI is InChI=1S/C24H24N4O4/c29-21-8-7-20(22(30)27-21)28-23(31)17-5-3-15(11-18(17)24(28)32)13-25-12-14-4-6-19-16(10-14)2-1-9-26-19/h3-6,10-11,20,25-26H,1-2,7-9,12-13H2,(H,27,29,30). The lowest BCUT2D eigenvalue weighted by molar-refractivity contribution is -0.136. The third-order valence-corrected chi connectivity index (χ3v) is 6.27. The van der Waals surface area contributed by atoms with Crippen molar-refractivity contribution in [3.63, 3.8) is 0 Å². The average molecular weight is 432 g/mol. The maximum Gasteiger partial charge on any atom is 0.262 e. The van der Waals surface area contributed by atoms with E-state index in [-0.39, 0.29) is 18.7 Å². The Morgan fingerprint density at radius 1 is 0.906 bits per heavy atom. The Kier molecular flexibility index (Phi) is 5.22. The average Bonchev–Trinajstić information content (AvgIpc) is 3.03. The van der Waals surface area contributed by atoms with E-state index in [1.165, 1.54) is 16.8 Å². The molecule has 164 valence electrons. The first-order valence-corrected chi connectivity index (χ1v) is 10.9. The summed E-state index contributed by atoms with van der Waals surface area (Å²) in [6.07, 6.45) is 2.49. The highest BCUT2D eigenvalue weighted by molar-refractivity contribution is 6.23. The van der Waals surface area contributed by atoms with Crippen molar-refractivity contribution in [1.29, 1.82) is 0 Å². The van der Waals surface area contributed by atoms with Crippen LogP contribution in [-0.2, 0) is 29.1 Å². The number of nitrogens with one attached hydrogen (secondary N) is 3. The van der Waals surface area contributed by atoms with Gasteiger partial charge in [-0.3, -0.25) is 29.4 Å². The highest BCUT2D eigenvalue weighted by Gasteiger charge is 2.44. The van der Waals surface area contributed by atoms with Gasteiger partial charge in [0.15, 0.2) is 0 Å². The topological polar surface area (TPSA) is 108 Å². The maximum atomic E-state index is 12.9. The zero-order chi connectivity index (χ0) is 22.2. The second-order valence-corrected chi connectivity index (χ2v) is 8.45. The van der Waals surface area contributed by atoms with Gasteiger partial charge in [0.2, 0.25) is 11.8 Å². The van der Waals surface area contributed by atoms with Gasteiger partial charge in [-0.1, -0.05) is 18.2 Å². The molecule has 0 spiro atoms. The first-order valence-electron chi connectivity index (χ1n) is 10.9. The quantitative estimate of drug-likeness (QED) is 0.622. The monoisotopic (exact) mass is 432 g/mol. The largest absolute Gasteiger partial charge is 0.385 e. The number of amides is 4. The number of aryl methyl sites for hydroxylation is 1. The van der Waals surface area contributed by atoms with Gasteiger partial charge in [-0.25, -0.2) is 0 Å². The van der Waals surface area contributed by atoms with Crippen LogP contribution in [0.1, 0.15) is 56.7 Å². The van der Waals surface area contributed by atoms with Gasteiger partial charge in [-0.2, -0.15) is 0 Å². The molecule has 1 saturated heterocycles. The number of carbonyl (C=O) groups excluding carboxylic acids is 4. The number of rotatable bonds is 5. The zero-order valence-corrected chi connectivity index (χ0v) is 17.6. The Labute approximate surface area is 185 Å². The molecule has 0 aromatic heterocycles. The van der Waals surface area contributed by atoms with E-state index in [4.69, 9.17) is 0 Å². The summed E-state index contributed by atoms with van der Waals surface area (Å²) in [5, 5.41) is 9.02. The third kappa shape index (κ3) is 3.67. The minimum absolute atomic E-state index is 0.109. The number of imide groups is 2. The van der Waals surface area contributed by atoms with Gasteiger partial charge in [0, 0.05) is 31.7 Å². The number of carbonyl (C=O) groups is 4. The summed E-state index contributed by atoms with van der Waals surface area (Å²) in [4.78, 5) is 50.3. The minimum atomic E-state index is -0.944. The molecule has 0 radical (unpaired) electrons. The van der Waals surface area contributed by atoms with Gasteiger partial charge in [0.25, 0.3) is 11.8 Å². The molecule has 5 rings (SSSR count). The van der Waals surface area contributed by atoms with Gasteiger partial charge >= 0.3 is 0 Å². The second kappa shape index (κ2) is 8.20. The van der Waals surface area contributed by atoms with Gasteiger partial charge in [0.05, 0.1) is 11.1 Å². The van der Waals surface area contributed by atoms with E-state index in [9.17, 15) is 19.2 Å². The summed E-state index contributed by atoms with van der Waals surface area (Å²) < 4.78 is 0. The van der Waals surface area contributed by atoms with Crippen molar-refractivity contribution in [3.8, 4) is 0 Å². The van der Waals surface area contributed by atoms with Crippen molar-refractivity contribution in [1.82, 2.24) is 15.5 Å². The highest BCUT2D eigenvalue weighted by atomic mass is 16.2. The van der Waals surface area contributed by atoms with Crippen LogP contribution in [0.4, 0.5) is 5.69 Å². The molecule has 1 atom stereocenters. The molecule has 3 heterocycles. The summed E-state index contributed by atoms with van der Waals surface area (Å²) in [5.74, 6) is -1.95. The smallest absolute Gasteiger partial charge is 0.262 e. The number of hydrogen-bond acceptors (Lipinski definition) is 6. The van der Waals surface area contributed by atoms with Crippen molar-refractivity contribution >= 4 is 29.3 Å². The van der Waals surface area contributed by atoms with Crippen LogP contribution in [0.15, 0.2) is 36.4 Å². The lowest BCUT2D eigenvalue weighted by Crippen LogP contribution is -2.54. The first-order chi connectivity index (χ1) is 15.5. The molecule has 0 bridgehead atoms. The van der Waals surface area contributed by atoms with Gasteiger partial charge in [-0.15, -0.1) is 0 Å². The lowest BCUT2D eigenvalue weighted by atomic mass is 10.0. The summed E-state index contributed by atoms with van der Waals surface area (Å²) in [7, 11) is 0. The highest BCUT2D eigenvalue weighted by Crippen LogP contribution is 2.28. The third-order valence-electron chi connectivity index (χ3n) is 6.27. The van der Waals surface area contributed by atoms with Gasteiger partial charge in [0.1, 0.15) is 6.04 Å². The number of benzene rings is 2. The molecule has 2 aromatic carbocycles. The Hall–Kier alpha value is -3.52. The molecule has 1 fully saturated rings. The molecule has 8 nitrogen and oxygen atoms in total. The normalized spacial score (nSPS) is 20.0. The molecule has 3 aliphatic heterocycles. The predicted molar refractivity (Wildman–Crippen MR) is 117 cm³/mol. The summed E-state index contributed by atoms with van der Waals surface area (Å²) in [5.41, 5.74) is 5.23. The number of nitrogens with zero attached hydrogens (tertiary/aromatic N) is 1. The molecule has 32 heavy (non-hydrogen) atoms. The number of anilines is 1. The molecular weight excluding hydrogens is 408 g/mol. The van der Waals surface area contributed by atoms with Gasteiger partial charge in [-0.05, 0) is 54.2 Å². The van der Waals surface area contributed by atoms with Crippen molar-refractivity contribution in [2.75, 3.05) is 11.9 Å². The molecule has 8 heteroatoms. The van der Waals surface area contributed by atoms with Gasteiger partial charge < -0.3 is 10.6 Å². The van der Waals surface area contributed by atoms with Crippen LogP contribution < -0.4 is 16.0 Å². The molecule has 2 aromatic rings. The summed E-state index contributed by atoms with van der Waals surface area (Å²) in [6.45, 7) is 2.26. The molecule has 0 aliphatic carbocycles. The van der Waals surface area contributed by atoms with Crippen molar-refractivity contribution in [2.45, 2.75) is 44.8 Å². The molecule has 4 amide bonds. The minimum Gasteiger partial charge on any atom is -0.385 e. The van der Waals surface area contributed by atoms with Crippen LogP contribution in [0.3, 0.4) is 0 Å². The fraction of sp³-hybridized carbons (Fsp3) is 0.333. The molecule has 0 saturated carbocycles. The summed E-state index contributed by atoms with van der Waals surface area (Å²) in [6, 6.07) is 10.7. The van der Waals surface area contributed by atoms with Crippen molar-refractivity contribution < 1.29 is 19.2 Å². The van der Waals surface area contributed by atoms with Crippen molar-refractivity contribution in [2.24, 2.45) is 0 Å². The van der Waals surface area contributed by atoms with E-state index < -0.39 is 23.8 Å². The van der Waals surface area contributed by atoms with E-state index >= 15 is 0 Å². The lowest BCUT2D eigenvalue weighted by Gasteiger charge is -2.27. The SMILES string of the molecule is O=C1CCC(N2C(=O)c3ccc(CNCc4ccc5c(c4)CCCN5)cc3C2=O)C(=O)N1. The van der Waals surface area contributed by atoms with Crippen LogP contribution in [0, 0.1) is 0 Å². The zero-order valence-electron chi connectivity index (χ0n) is 17.6. The number of piperidine rings is 1. The molecule has 3 aliphatic rings. The Morgan fingerprint density at radius 3 is 2.47 bits per heavy atom. The van der Waals surface area contributed by atoms with E-state index in [0.717, 1.165) is 29.8 Å². The Morgan fingerprint density at radius 2 is 1.66 bits per heavy atom. The maximum absolute atomic E-state index is 12.9.